The molecule has 0 aliphatic carbocycles. The maximum absolute atomic E-state index is 12.3. The van der Waals surface area contributed by atoms with Crippen LogP contribution in [0.15, 0.2) is 29.2 Å². The quantitative estimate of drug-likeness (QED) is 0.841. The maximum atomic E-state index is 12.3. The van der Waals surface area contributed by atoms with E-state index in [9.17, 15) is 13.2 Å². The van der Waals surface area contributed by atoms with Gasteiger partial charge >= 0.3 is 5.51 Å². The minimum absolute atomic E-state index is 0.0354. The predicted molar refractivity (Wildman–Crippen MR) is 67.7 cm³/mol. The molecule has 0 amide bonds. The van der Waals surface area contributed by atoms with Gasteiger partial charge in [-0.1, -0.05) is 12.1 Å². The minimum atomic E-state index is -4.20. The lowest BCUT2D eigenvalue weighted by atomic mass is 9.91. The van der Waals surface area contributed by atoms with Gasteiger partial charge in [-0.3, -0.25) is 0 Å². The third-order valence-corrected chi connectivity index (χ3v) is 3.84. The molecule has 1 aliphatic heterocycles. The summed E-state index contributed by atoms with van der Waals surface area (Å²) in [6.45, 7) is 2.03. The Kier molecular flexibility index (Phi) is 4.56. The molecule has 1 aliphatic rings. The van der Waals surface area contributed by atoms with E-state index in [4.69, 9.17) is 0 Å². The zero-order valence-electron chi connectivity index (χ0n) is 9.96. The third kappa shape index (κ3) is 4.53. The lowest BCUT2D eigenvalue weighted by Crippen LogP contribution is -2.28. The first-order chi connectivity index (χ1) is 8.53. The number of piperidine rings is 1. The molecule has 0 atom stereocenters. The van der Waals surface area contributed by atoms with E-state index in [-0.39, 0.29) is 16.7 Å². The lowest BCUT2D eigenvalue weighted by molar-refractivity contribution is -0.0328. The number of benzene rings is 1. The second-order valence-electron chi connectivity index (χ2n) is 4.59. The summed E-state index contributed by atoms with van der Waals surface area (Å²) in [5.41, 5.74) is -3.19. The second kappa shape index (κ2) is 5.97. The van der Waals surface area contributed by atoms with Crippen molar-refractivity contribution in [1.29, 1.82) is 0 Å². The summed E-state index contributed by atoms with van der Waals surface area (Å²) in [7, 11) is 0. The average Bonchev–Trinajstić information content (AvgIpc) is 2.28. The normalized spacial score (nSPS) is 17.9. The Morgan fingerprint density at radius 1 is 1.22 bits per heavy atom. The largest absolute Gasteiger partial charge is 0.446 e. The Balaban J connectivity index is 1.98. The molecule has 0 saturated carbocycles. The van der Waals surface area contributed by atoms with Gasteiger partial charge in [0.2, 0.25) is 0 Å². The van der Waals surface area contributed by atoms with Crippen molar-refractivity contribution in [3.8, 4) is 0 Å². The molecule has 1 aromatic carbocycles. The monoisotopic (exact) mass is 275 g/mol. The average molecular weight is 275 g/mol. The summed E-state index contributed by atoms with van der Waals surface area (Å²) >= 11 is -0.0354. The van der Waals surface area contributed by atoms with E-state index in [1.54, 1.807) is 12.1 Å². The summed E-state index contributed by atoms with van der Waals surface area (Å²) in [4.78, 5) is 0.286. The molecule has 1 N–H and O–H groups in total. The van der Waals surface area contributed by atoms with E-state index in [1.807, 2.05) is 6.07 Å². The number of alkyl halides is 3. The van der Waals surface area contributed by atoms with Crippen molar-refractivity contribution in [2.24, 2.45) is 5.92 Å². The van der Waals surface area contributed by atoms with Crippen molar-refractivity contribution in [2.75, 3.05) is 13.1 Å². The van der Waals surface area contributed by atoms with E-state index >= 15 is 0 Å². The van der Waals surface area contributed by atoms with Gasteiger partial charge in [0.15, 0.2) is 0 Å². The van der Waals surface area contributed by atoms with Crippen LogP contribution in [-0.4, -0.2) is 18.6 Å². The Morgan fingerprint density at radius 2 is 1.94 bits per heavy atom. The van der Waals surface area contributed by atoms with E-state index in [0.29, 0.717) is 5.92 Å². The number of thioether (sulfide) groups is 1. The molecule has 18 heavy (non-hydrogen) atoms. The molecule has 1 heterocycles. The molecule has 0 unspecified atom stereocenters. The molecule has 0 spiro atoms. The first-order valence-corrected chi connectivity index (χ1v) is 6.90. The molecule has 100 valence electrons. The van der Waals surface area contributed by atoms with Crippen LogP contribution in [0.1, 0.15) is 18.4 Å². The highest BCUT2D eigenvalue weighted by Gasteiger charge is 2.29. The molecule has 1 fully saturated rings. The zero-order chi connectivity index (χ0) is 13.0. The van der Waals surface area contributed by atoms with Crippen molar-refractivity contribution in [2.45, 2.75) is 29.7 Å². The van der Waals surface area contributed by atoms with Crippen molar-refractivity contribution in [1.82, 2.24) is 5.32 Å². The Hall–Kier alpha value is -0.680. The molecular weight excluding hydrogens is 259 g/mol. The van der Waals surface area contributed by atoms with Gasteiger partial charge in [0.05, 0.1) is 0 Å². The third-order valence-electron chi connectivity index (χ3n) is 3.12. The van der Waals surface area contributed by atoms with Gasteiger partial charge in [0.25, 0.3) is 0 Å². The summed E-state index contributed by atoms with van der Waals surface area (Å²) in [5.74, 6) is 0.595. The number of hydrogen-bond donors (Lipinski definition) is 1. The van der Waals surface area contributed by atoms with Crippen LogP contribution in [0.4, 0.5) is 13.2 Å². The van der Waals surface area contributed by atoms with Crippen LogP contribution in [0.5, 0.6) is 0 Å². The van der Waals surface area contributed by atoms with Gasteiger partial charge < -0.3 is 5.32 Å². The SMILES string of the molecule is FC(F)(F)Sc1cccc(CC2CCNCC2)c1. The van der Waals surface area contributed by atoms with Crippen LogP contribution in [0.2, 0.25) is 0 Å². The van der Waals surface area contributed by atoms with Crippen LogP contribution in [0, 0.1) is 5.92 Å². The fraction of sp³-hybridized carbons (Fsp3) is 0.538. The fourth-order valence-electron chi connectivity index (χ4n) is 2.29. The highest BCUT2D eigenvalue weighted by Crippen LogP contribution is 2.37. The molecule has 0 aromatic heterocycles. The van der Waals surface area contributed by atoms with Crippen LogP contribution in [-0.2, 0) is 6.42 Å². The summed E-state index contributed by atoms with van der Waals surface area (Å²) in [5, 5.41) is 3.29. The van der Waals surface area contributed by atoms with Crippen LogP contribution >= 0.6 is 11.8 Å². The van der Waals surface area contributed by atoms with Gasteiger partial charge in [-0.05, 0) is 67.7 Å². The van der Waals surface area contributed by atoms with Gasteiger partial charge in [-0.15, -0.1) is 0 Å². The van der Waals surface area contributed by atoms with Crippen LogP contribution in [0.25, 0.3) is 0 Å². The molecule has 1 aromatic rings. The molecule has 5 heteroatoms. The number of halogens is 3. The summed E-state index contributed by atoms with van der Waals surface area (Å²) in [6, 6.07) is 6.82. The van der Waals surface area contributed by atoms with Crippen molar-refractivity contribution in [3.05, 3.63) is 29.8 Å². The van der Waals surface area contributed by atoms with E-state index in [1.165, 1.54) is 6.07 Å². The first kappa shape index (κ1) is 13.7. The van der Waals surface area contributed by atoms with E-state index in [2.05, 4.69) is 5.32 Å². The zero-order valence-corrected chi connectivity index (χ0v) is 10.8. The molecule has 2 rings (SSSR count). The van der Waals surface area contributed by atoms with E-state index in [0.717, 1.165) is 37.9 Å². The number of rotatable bonds is 3. The minimum Gasteiger partial charge on any atom is -0.317 e. The summed E-state index contributed by atoms with van der Waals surface area (Å²) < 4.78 is 36.9. The molecule has 0 bridgehead atoms. The van der Waals surface area contributed by atoms with Crippen molar-refractivity contribution in [3.63, 3.8) is 0 Å². The van der Waals surface area contributed by atoms with Gasteiger partial charge in [0, 0.05) is 4.90 Å². The maximum Gasteiger partial charge on any atom is 0.446 e. The van der Waals surface area contributed by atoms with Gasteiger partial charge in [0.1, 0.15) is 0 Å². The molecule has 1 nitrogen and oxygen atoms in total. The second-order valence-corrected chi connectivity index (χ2v) is 5.73. The van der Waals surface area contributed by atoms with Crippen molar-refractivity contribution >= 4 is 11.8 Å². The van der Waals surface area contributed by atoms with Crippen molar-refractivity contribution < 1.29 is 13.2 Å². The van der Waals surface area contributed by atoms with Gasteiger partial charge in [-0.25, -0.2) is 0 Å². The first-order valence-electron chi connectivity index (χ1n) is 6.08. The Bertz CT molecular complexity index is 386. The Labute approximate surface area is 109 Å². The highest BCUT2D eigenvalue weighted by molar-refractivity contribution is 8.00. The van der Waals surface area contributed by atoms with Crippen LogP contribution in [0.3, 0.4) is 0 Å². The highest BCUT2D eigenvalue weighted by atomic mass is 32.2. The summed E-state index contributed by atoms with van der Waals surface area (Å²) in [6.07, 6.45) is 3.10. The Morgan fingerprint density at radius 3 is 2.61 bits per heavy atom. The number of hydrogen-bond acceptors (Lipinski definition) is 2. The standard InChI is InChI=1S/C13H16F3NS/c14-13(15,16)18-12-3-1-2-11(9-12)8-10-4-6-17-7-5-10/h1-3,9-10,17H,4-8H2. The number of nitrogens with one attached hydrogen (secondary N) is 1. The predicted octanol–water partition coefficient (Wildman–Crippen LogP) is 3.84. The molecular formula is C13H16F3NS. The smallest absolute Gasteiger partial charge is 0.317 e. The van der Waals surface area contributed by atoms with Gasteiger partial charge in [-0.2, -0.15) is 13.2 Å². The topological polar surface area (TPSA) is 12.0 Å². The molecule has 1 saturated heterocycles. The van der Waals surface area contributed by atoms with E-state index < -0.39 is 5.51 Å². The lowest BCUT2D eigenvalue weighted by Gasteiger charge is -2.22. The fourth-order valence-corrected chi connectivity index (χ4v) is 2.91. The van der Waals surface area contributed by atoms with Crippen LogP contribution < -0.4 is 5.32 Å². The molecule has 0 radical (unpaired) electrons.